The predicted octanol–water partition coefficient (Wildman–Crippen LogP) is 6.08. The van der Waals surface area contributed by atoms with E-state index in [1.54, 1.807) is 0 Å². The van der Waals surface area contributed by atoms with Crippen LogP contribution in [0.3, 0.4) is 0 Å². The molecule has 46 heavy (non-hydrogen) atoms. The van der Waals surface area contributed by atoms with Crippen LogP contribution < -0.4 is 10.6 Å². The lowest BCUT2D eigenvalue weighted by atomic mass is 9.90. The molecule has 7 heteroatoms. The van der Waals surface area contributed by atoms with E-state index < -0.39 is 5.97 Å². The fourth-order valence-electron chi connectivity index (χ4n) is 5.19. The highest BCUT2D eigenvalue weighted by atomic mass is 16.4. The van der Waals surface area contributed by atoms with E-state index in [4.69, 9.17) is 5.11 Å². The van der Waals surface area contributed by atoms with Crippen LogP contribution >= 0.6 is 0 Å². The second-order valence-corrected chi connectivity index (χ2v) is 12.5. The van der Waals surface area contributed by atoms with E-state index >= 15 is 0 Å². The number of carbonyl (C=O) groups excluding carboxylic acids is 2. The van der Waals surface area contributed by atoms with Gasteiger partial charge in [-0.2, -0.15) is 0 Å². The third-order valence-corrected chi connectivity index (χ3v) is 7.66. The number of amides is 2. The first-order valence-electron chi connectivity index (χ1n) is 15.9. The molecule has 4 aromatic carbocycles. The van der Waals surface area contributed by atoms with Gasteiger partial charge in [0, 0.05) is 6.54 Å². The number of benzene rings is 4. The molecule has 0 unspecified atom stereocenters. The minimum Gasteiger partial charge on any atom is -0.477 e. The molecule has 0 saturated carbocycles. The lowest BCUT2D eigenvalue weighted by molar-refractivity contribution is -0.881. The minimum absolute atomic E-state index is 0.0245. The van der Waals surface area contributed by atoms with Gasteiger partial charge >= 0.3 is 5.97 Å². The Kier molecular flexibility index (Phi) is 14.2. The summed E-state index contributed by atoms with van der Waals surface area (Å²) in [5, 5.41) is 15.0. The number of rotatable bonds is 14. The summed E-state index contributed by atoms with van der Waals surface area (Å²) < 4.78 is 0.316. The second-order valence-electron chi connectivity index (χ2n) is 12.5. The third kappa shape index (κ3) is 12.0. The van der Waals surface area contributed by atoms with Crippen LogP contribution in [0.1, 0.15) is 54.4 Å². The van der Waals surface area contributed by atoms with Gasteiger partial charge in [0.15, 0.2) is 6.54 Å². The molecule has 2 amide bonds. The number of hydrogen-bond acceptors (Lipinski definition) is 3. The molecule has 0 aromatic heterocycles. The van der Waals surface area contributed by atoms with Crippen molar-refractivity contribution in [3.05, 3.63) is 144 Å². The Morgan fingerprint density at radius 3 is 1.22 bits per heavy atom. The molecule has 3 N–H and O–H groups in total. The Balaban J connectivity index is 0.000000254. The van der Waals surface area contributed by atoms with Crippen LogP contribution in [-0.2, 0) is 14.4 Å². The first-order valence-corrected chi connectivity index (χ1v) is 15.9. The highest BCUT2D eigenvalue weighted by Gasteiger charge is 2.25. The zero-order valence-electron chi connectivity index (χ0n) is 27.4. The Labute approximate surface area is 273 Å². The first-order chi connectivity index (χ1) is 22.1. The Morgan fingerprint density at radius 2 is 0.913 bits per heavy atom. The average molecular weight is 623 g/mol. The van der Waals surface area contributed by atoms with Crippen LogP contribution in [0.25, 0.3) is 0 Å². The second kappa shape index (κ2) is 18.3. The Morgan fingerprint density at radius 1 is 0.587 bits per heavy atom. The molecule has 4 aromatic rings. The lowest BCUT2D eigenvalue weighted by Crippen LogP contribution is -2.48. The molecule has 242 valence electrons. The normalized spacial score (nSPS) is 11.1. The van der Waals surface area contributed by atoms with Crippen LogP contribution in [-0.4, -0.2) is 67.6 Å². The summed E-state index contributed by atoms with van der Waals surface area (Å²) >= 11 is 0. The highest BCUT2D eigenvalue weighted by molar-refractivity contribution is 5.87. The maximum absolute atomic E-state index is 12.8. The number of nitrogens with one attached hydrogen (secondary N) is 2. The van der Waals surface area contributed by atoms with Gasteiger partial charge in [0.2, 0.25) is 11.8 Å². The van der Waals surface area contributed by atoms with Gasteiger partial charge in [-0.15, -0.1) is 0 Å². The summed E-state index contributed by atoms with van der Waals surface area (Å²) in [6.07, 6.45) is 1.00. The molecule has 0 aliphatic heterocycles. The number of carboxylic acids is 1. The van der Waals surface area contributed by atoms with Gasteiger partial charge in [-0.25, -0.2) is 4.79 Å². The highest BCUT2D eigenvalue weighted by Crippen LogP contribution is 2.25. The topological polar surface area (TPSA) is 95.5 Å². The molecule has 0 fully saturated rings. The number of carboxylic acid groups (broad SMARTS) is 1. The van der Waals surface area contributed by atoms with Gasteiger partial charge in [-0.05, 0) is 34.6 Å². The molecule has 0 saturated heterocycles. The summed E-state index contributed by atoms with van der Waals surface area (Å²) in [6.45, 7) is 6.06. The molecule has 0 heterocycles. The first kappa shape index (κ1) is 35.7. The summed E-state index contributed by atoms with van der Waals surface area (Å²) in [7, 11) is 3.68. The standard InChI is InChI=1S/C20H24N2O3.C19H23NO/c1-22(2,15-18(23)24)14-13-21-20(25)19(16-9-5-3-6-10-16)17-11-7-4-8-12-17;1-15(2)13-14-20-19(21)18(16-9-5-3-6-10-16)17-11-7-4-8-12-17/h3-12,19H,13-15H2,1-2H3,(H-,21,23,24,25);3-12,15,18H,13-14H2,1-2H3,(H,20,21)/p+1. The van der Waals surface area contributed by atoms with Crippen molar-refractivity contribution in [2.45, 2.75) is 32.1 Å². The van der Waals surface area contributed by atoms with E-state index in [1.807, 2.05) is 135 Å². The number of hydrogen-bond donors (Lipinski definition) is 3. The van der Waals surface area contributed by atoms with Crippen molar-refractivity contribution in [3.63, 3.8) is 0 Å². The molecule has 0 bridgehead atoms. The maximum atomic E-state index is 12.8. The average Bonchev–Trinajstić information content (AvgIpc) is 3.03. The molecular formula is C39H48N3O4+. The smallest absolute Gasteiger partial charge is 0.359 e. The largest absolute Gasteiger partial charge is 0.477 e. The molecule has 0 aliphatic carbocycles. The summed E-state index contributed by atoms with van der Waals surface area (Å²) in [5.41, 5.74) is 3.94. The van der Waals surface area contributed by atoms with Crippen LogP contribution in [0.5, 0.6) is 0 Å². The van der Waals surface area contributed by atoms with E-state index in [2.05, 4.69) is 24.5 Å². The van der Waals surface area contributed by atoms with E-state index in [-0.39, 0.29) is 30.2 Å². The van der Waals surface area contributed by atoms with Crippen molar-refractivity contribution in [2.24, 2.45) is 5.92 Å². The summed E-state index contributed by atoms with van der Waals surface area (Å²) in [5.74, 6) is -0.863. The Hall–Kier alpha value is -4.75. The van der Waals surface area contributed by atoms with Crippen molar-refractivity contribution < 1.29 is 24.0 Å². The summed E-state index contributed by atoms with van der Waals surface area (Å²) in [6, 6.07) is 39.2. The summed E-state index contributed by atoms with van der Waals surface area (Å²) in [4.78, 5) is 36.3. The zero-order valence-corrected chi connectivity index (χ0v) is 27.4. The van der Waals surface area contributed by atoms with Gasteiger partial charge < -0.3 is 20.2 Å². The maximum Gasteiger partial charge on any atom is 0.359 e. The number of aliphatic carboxylic acids is 1. The monoisotopic (exact) mass is 622 g/mol. The van der Waals surface area contributed by atoms with Crippen molar-refractivity contribution in [3.8, 4) is 0 Å². The van der Waals surface area contributed by atoms with Crippen LogP contribution in [0.2, 0.25) is 0 Å². The quantitative estimate of drug-likeness (QED) is 0.149. The van der Waals surface area contributed by atoms with Gasteiger partial charge in [0.05, 0.1) is 39.0 Å². The van der Waals surface area contributed by atoms with Crippen molar-refractivity contribution in [2.75, 3.05) is 40.3 Å². The zero-order chi connectivity index (χ0) is 33.4. The molecule has 0 aliphatic rings. The molecule has 4 rings (SSSR count). The number of carbonyl (C=O) groups is 3. The van der Waals surface area contributed by atoms with Gasteiger partial charge in [-0.3, -0.25) is 9.59 Å². The lowest BCUT2D eigenvalue weighted by Gasteiger charge is -2.28. The van der Waals surface area contributed by atoms with Gasteiger partial charge in [-0.1, -0.05) is 135 Å². The predicted molar refractivity (Wildman–Crippen MR) is 184 cm³/mol. The molecule has 0 spiro atoms. The van der Waals surface area contributed by atoms with Crippen LogP contribution in [0, 0.1) is 5.92 Å². The van der Waals surface area contributed by atoms with E-state index in [0.717, 1.165) is 35.2 Å². The number of likely N-dealkylation sites (N-methyl/N-ethyl adjacent to an activating group) is 1. The van der Waals surface area contributed by atoms with E-state index in [1.165, 1.54) is 0 Å². The minimum atomic E-state index is -0.845. The fraction of sp³-hybridized carbons (Fsp3) is 0.308. The molecule has 7 nitrogen and oxygen atoms in total. The molecular weight excluding hydrogens is 574 g/mol. The van der Waals surface area contributed by atoms with Crippen LogP contribution in [0.15, 0.2) is 121 Å². The van der Waals surface area contributed by atoms with Gasteiger partial charge in [0.25, 0.3) is 0 Å². The van der Waals surface area contributed by atoms with Crippen molar-refractivity contribution >= 4 is 17.8 Å². The number of nitrogens with zero attached hydrogens (tertiary/aromatic N) is 1. The fourth-order valence-corrected chi connectivity index (χ4v) is 5.19. The molecule has 0 atom stereocenters. The van der Waals surface area contributed by atoms with Crippen molar-refractivity contribution in [1.82, 2.24) is 10.6 Å². The molecule has 0 radical (unpaired) electrons. The van der Waals surface area contributed by atoms with E-state index in [9.17, 15) is 14.4 Å². The van der Waals surface area contributed by atoms with Crippen LogP contribution in [0.4, 0.5) is 0 Å². The Bertz CT molecular complexity index is 1400. The van der Waals surface area contributed by atoms with Gasteiger partial charge in [0.1, 0.15) is 0 Å². The number of quaternary nitrogens is 1. The SMILES string of the molecule is CC(C)CCNC(=O)C(c1ccccc1)c1ccccc1.C[N+](C)(CCNC(=O)C(c1ccccc1)c1ccccc1)CC(=O)O. The third-order valence-electron chi connectivity index (χ3n) is 7.66. The van der Waals surface area contributed by atoms with Crippen molar-refractivity contribution in [1.29, 1.82) is 0 Å². The van der Waals surface area contributed by atoms with E-state index in [0.29, 0.717) is 23.5 Å².